The summed E-state index contributed by atoms with van der Waals surface area (Å²) in [5.74, 6) is 0.796. The van der Waals surface area contributed by atoms with E-state index in [0.29, 0.717) is 0 Å². The zero-order valence-corrected chi connectivity index (χ0v) is 16.8. The molecule has 1 aromatic heterocycles. The Hall–Kier alpha value is -2.73. The van der Waals surface area contributed by atoms with Gasteiger partial charge in [0.2, 0.25) is 5.91 Å². The van der Waals surface area contributed by atoms with Gasteiger partial charge in [-0.1, -0.05) is 24.3 Å². The lowest BCUT2D eigenvalue weighted by Gasteiger charge is -2.34. The van der Waals surface area contributed by atoms with Gasteiger partial charge in [-0.15, -0.1) is 0 Å². The van der Waals surface area contributed by atoms with Crippen molar-refractivity contribution in [2.45, 2.75) is 44.7 Å². The lowest BCUT2D eigenvalue weighted by atomic mass is 9.95. The van der Waals surface area contributed by atoms with E-state index in [9.17, 15) is 9.18 Å². The molecule has 1 aliphatic heterocycles. The number of hydrogen-bond donors (Lipinski definition) is 1. The van der Waals surface area contributed by atoms with Gasteiger partial charge in [-0.2, -0.15) is 0 Å². The van der Waals surface area contributed by atoms with Gasteiger partial charge in [0.25, 0.3) is 0 Å². The maximum absolute atomic E-state index is 13.1. The Labute approximate surface area is 169 Å². The first-order chi connectivity index (χ1) is 14.0. The largest absolute Gasteiger partial charge is 0.440 e. The first-order valence-electron chi connectivity index (χ1n) is 10.2. The summed E-state index contributed by atoms with van der Waals surface area (Å²) in [5.41, 5.74) is 2.61. The SMILES string of the molecule is CC(NC(=O)C(C)N1CCC(c2nc3ccccc3o2)CC1)c1ccc(F)cc1. The summed E-state index contributed by atoms with van der Waals surface area (Å²) in [6, 6.07) is 13.7. The molecule has 152 valence electrons. The Morgan fingerprint density at radius 2 is 1.83 bits per heavy atom. The van der Waals surface area contributed by atoms with Crippen molar-refractivity contribution in [3.8, 4) is 0 Å². The Kier molecular flexibility index (Phi) is 5.62. The molecular formula is C23H26FN3O2. The number of benzene rings is 2. The number of nitrogens with zero attached hydrogens (tertiary/aromatic N) is 2. The number of piperidine rings is 1. The summed E-state index contributed by atoms with van der Waals surface area (Å²) < 4.78 is 19.0. The Morgan fingerprint density at radius 1 is 1.14 bits per heavy atom. The highest BCUT2D eigenvalue weighted by atomic mass is 19.1. The van der Waals surface area contributed by atoms with Crippen molar-refractivity contribution in [2.24, 2.45) is 0 Å². The summed E-state index contributed by atoms with van der Waals surface area (Å²) in [7, 11) is 0. The number of oxazole rings is 1. The maximum atomic E-state index is 13.1. The van der Waals surface area contributed by atoms with E-state index >= 15 is 0 Å². The minimum Gasteiger partial charge on any atom is -0.440 e. The van der Waals surface area contributed by atoms with E-state index in [1.165, 1.54) is 12.1 Å². The first-order valence-corrected chi connectivity index (χ1v) is 10.2. The summed E-state index contributed by atoms with van der Waals surface area (Å²) >= 11 is 0. The normalized spacial score (nSPS) is 17.9. The van der Waals surface area contributed by atoms with Crippen LogP contribution in [0.4, 0.5) is 4.39 Å². The third-order valence-electron chi connectivity index (χ3n) is 5.85. The fourth-order valence-electron chi connectivity index (χ4n) is 3.93. The number of carbonyl (C=O) groups excluding carboxylic acids is 1. The lowest BCUT2D eigenvalue weighted by Crippen LogP contribution is -2.48. The number of amides is 1. The minimum absolute atomic E-state index is 0.0119. The van der Waals surface area contributed by atoms with Crippen molar-refractivity contribution >= 4 is 17.0 Å². The summed E-state index contributed by atoms with van der Waals surface area (Å²) in [6.45, 7) is 5.50. The molecule has 2 atom stereocenters. The molecule has 2 unspecified atom stereocenters. The van der Waals surface area contributed by atoms with E-state index in [1.807, 2.05) is 38.1 Å². The number of likely N-dealkylation sites (tertiary alicyclic amines) is 1. The summed E-state index contributed by atoms with van der Waals surface area (Å²) in [6.07, 6.45) is 1.83. The molecule has 2 heterocycles. The second kappa shape index (κ2) is 8.33. The molecule has 1 fully saturated rings. The number of nitrogens with one attached hydrogen (secondary N) is 1. The molecule has 0 spiro atoms. The highest BCUT2D eigenvalue weighted by Gasteiger charge is 2.30. The van der Waals surface area contributed by atoms with Gasteiger partial charge in [0.15, 0.2) is 11.5 Å². The number of para-hydroxylation sites is 2. The van der Waals surface area contributed by atoms with Crippen molar-refractivity contribution < 1.29 is 13.6 Å². The molecule has 2 aromatic carbocycles. The summed E-state index contributed by atoms with van der Waals surface area (Å²) in [5, 5.41) is 3.04. The second-order valence-electron chi connectivity index (χ2n) is 7.79. The molecule has 0 radical (unpaired) electrons. The Balaban J connectivity index is 1.32. The van der Waals surface area contributed by atoms with Crippen molar-refractivity contribution in [3.63, 3.8) is 0 Å². The third kappa shape index (κ3) is 4.32. The van der Waals surface area contributed by atoms with Gasteiger partial charge >= 0.3 is 0 Å². The van der Waals surface area contributed by atoms with Gasteiger partial charge < -0.3 is 9.73 Å². The van der Waals surface area contributed by atoms with Gasteiger partial charge in [0.05, 0.1) is 12.1 Å². The highest BCUT2D eigenvalue weighted by Crippen LogP contribution is 2.30. The molecule has 0 aliphatic carbocycles. The number of aromatic nitrogens is 1. The van der Waals surface area contributed by atoms with Crippen LogP contribution in [-0.2, 0) is 4.79 Å². The van der Waals surface area contributed by atoms with Crippen LogP contribution in [0.2, 0.25) is 0 Å². The van der Waals surface area contributed by atoms with Crippen molar-refractivity contribution in [2.75, 3.05) is 13.1 Å². The van der Waals surface area contributed by atoms with Crippen LogP contribution in [0.25, 0.3) is 11.1 Å². The molecule has 1 N–H and O–H groups in total. The van der Waals surface area contributed by atoms with Crippen LogP contribution < -0.4 is 5.32 Å². The topological polar surface area (TPSA) is 58.4 Å². The van der Waals surface area contributed by atoms with Crippen LogP contribution in [0.3, 0.4) is 0 Å². The van der Waals surface area contributed by atoms with E-state index in [1.54, 1.807) is 12.1 Å². The van der Waals surface area contributed by atoms with E-state index in [2.05, 4.69) is 15.2 Å². The molecule has 1 aliphatic rings. The first kappa shape index (κ1) is 19.6. The average Bonchev–Trinajstić information content (AvgIpc) is 3.18. The molecule has 1 amide bonds. The van der Waals surface area contributed by atoms with Crippen LogP contribution in [-0.4, -0.2) is 34.9 Å². The second-order valence-corrected chi connectivity index (χ2v) is 7.79. The van der Waals surface area contributed by atoms with E-state index < -0.39 is 0 Å². The predicted molar refractivity (Wildman–Crippen MR) is 110 cm³/mol. The smallest absolute Gasteiger partial charge is 0.237 e. The number of rotatable bonds is 5. The van der Waals surface area contributed by atoms with Crippen LogP contribution in [0.5, 0.6) is 0 Å². The predicted octanol–water partition coefficient (Wildman–Crippen LogP) is 4.41. The minimum atomic E-state index is -0.276. The standard InChI is InChI=1S/C23H26FN3O2/c1-15(17-7-9-19(24)10-8-17)25-22(28)16(2)27-13-11-18(12-14-27)23-26-20-5-3-4-6-21(20)29-23/h3-10,15-16,18H,11-14H2,1-2H3,(H,25,28). The summed E-state index contributed by atoms with van der Waals surface area (Å²) in [4.78, 5) is 19.5. The zero-order valence-electron chi connectivity index (χ0n) is 16.8. The van der Waals surface area contributed by atoms with Crippen molar-refractivity contribution in [1.29, 1.82) is 0 Å². The highest BCUT2D eigenvalue weighted by molar-refractivity contribution is 5.81. The van der Waals surface area contributed by atoms with E-state index in [4.69, 9.17) is 4.42 Å². The van der Waals surface area contributed by atoms with E-state index in [0.717, 1.165) is 48.5 Å². The molecule has 5 nitrogen and oxygen atoms in total. The van der Waals surface area contributed by atoms with E-state index in [-0.39, 0.29) is 29.7 Å². The Morgan fingerprint density at radius 3 is 2.52 bits per heavy atom. The van der Waals surface area contributed by atoms with Gasteiger partial charge in [-0.25, -0.2) is 9.37 Å². The number of carbonyl (C=O) groups is 1. The molecule has 1 saturated heterocycles. The monoisotopic (exact) mass is 395 g/mol. The van der Waals surface area contributed by atoms with Gasteiger partial charge in [0, 0.05) is 5.92 Å². The number of fused-ring (bicyclic) bond motifs is 1. The molecule has 29 heavy (non-hydrogen) atoms. The van der Waals surface area contributed by atoms with Gasteiger partial charge in [-0.05, 0) is 69.6 Å². The van der Waals surface area contributed by atoms with Crippen LogP contribution in [0.15, 0.2) is 52.9 Å². The Bertz CT molecular complexity index is 944. The van der Waals surface area contributed by atoms with Crippen molar-refractivity contribution in [1.82, 2.24) is 15.2 Å². The molecule has 0 saturated carbocycles. The van der Waals surface area contributed by atoms with Gasteiger partial charge in [0.1, 0.15) is 11.3 Å². The molecular weight excluding hydrogens is 369 g/mol. The fraction of sp³-hybridized carbons (Fsp3) is 0.391. The average molecular weight is 395 g/mol. The molecule has 6 heteroatoms. The quantitative estimate of drug-likeness (QED) is 0.695. The number of halogens is 1. The van der Waals surface area contributed by atoms with Gasteiger partial charge in [-0.3, -0.25) is 9.69 Å². The number of hydrogen-bond acceptors (Lipinski definition) is 4. The molecule has 4 rings (SSSR count). The van der Waals surface area contributed by atoms with Crippen molar-refractivity contribution in [3.05, 3.63) is 65.8 Å². The van der Waals surface area contributed by atoms with Crippen LogP contribution in [0, 0.1) is 5.82 Å². The molecule has 0 bridgehead atoms. The molecule has 3 aromatic rings. The zero-order chi connectivity index (χ0) is 20.4. The third-order valence-corrected chi connectivity index (χ3v) is 5.85. The lowest BCUT2D eigenvalue weighted by molar-refractivity contribution is -0.127. The van der Waals surface area contributed by atoms with Crippen LogP contribution in [0.1, 0.15) is 50.1 Å². The maximum Gasteiger partial charge on any atom is 0.237 e. The fourth-order valence-corrected chi connectivity index (χ4v) is 3.93. The van der Waals surface area contributed by atoms with Crippen LogP contribution >= 0.6 is 0 Å².